The highest BCUT2D eigenvalue weighted by atomic mass is 32.2. The van der Waals surface area contributed by atoms with E-state index in [4.69, 9.17) is 0 Å². The minimum Gasteiger partial charge on any atom is -0.308 e. The summed E-state index contributed by atoms with van der Waals surface area (Å²) in [4.78, 5) is 13.3. The predicted molar refractivity (Wildman–Crippen MR) is 104 cm³/mol. The van der Waals surface area contributed by atoms with Crippen LogP contribution in [0.25, 0.3) is 0 Å². The highest BCUT2D eigenvalue weighted by Crippen LogP contribution is 2.25. The van der Waals surface area contributed by atoms with Crippen LogP contribution in [-0.2, 0) is 5.75 Å². The minimum absolute atomic E-state index is 0.318. The number of nitrogens with zero attached hydrogens (tertiary/aromatic N) is 2. The first kappa shape index (κ1) is 17.4. The number of urea groups is 1. The van der Waals surface area contributed by atoms with E-state index in [-0.39, 0.29) is 6.03 Å². The number of carbonyl (C=O) groups excluding carboxylic acids is 1. The average molecular weight is 371 g/mol. The average Bonchev–Trinajstić information content (AvgIpc) is 3.04. The zero-order valence-electron chi connectivity index (χ0n) is 13.9. The van der Waals surface area contributed by atoms with Crippen LogP contribution in [0.4, 0.5) is 15.6 Å². The summed E-state index contributed by atoms with van der Waals surface area (Å²) in [6, 6.07) is 15.6. The van der Waals surface area contributed by atoms with E-state index in [9.17, 15) is 4.79 Å². The van der Waals surface area contributed by atoms with E-state index in [0.717, 1.165) is 22.0 Å². The third-order valence-electron chi connectivity index (χ3n) is 3.56. The summed E-state index contributed by atoms with van der Waals surface area (Å²) >= 11 is 3.07. The molecule has 5 nitrogen and oxygen atoms in total. The van der Waals surface area contributed by atoms with Crippen molar-refractivity contribution in [3.05, 3.63) is 64.7 Å². The number of hydrogen-bond donors (Lipinski definition) is 2. The van der Waals surface area contributed by atoms with Crippen molar-refractivity contribution in [1.29, 1.82) is 0 Å². The highest BCUT2D eigenvalue weighted by Gasteiger charge is 2.09. The molecule has 1 heterocycles. The maximum atomic E-state index is 12.1. The number of nitrogens with one attached hydrogen (secondary N) is 2. The number of amides is 2. The predicted octanol–water partition coefficient (Wildman–Crippen LogP) is 5.09. The molecule has 2 aromatic carbocycles. The van der Waals surface area contributed by atoms with Gasteiger partial charge in [-0.2, -0.15) is 0 Å². The number of thioether (sulfide) groups is 1. The van der Waals surface area contributed by atoms with Crippen LogP contribution in [0.2, 0.25) is 0 Å². The lowest BCUT2D eigenvalue weighted by Crippen LogP contribution is -2.19. The molecule has 0 aliphatic heterocycles. The monoisotopic (exact) mass is 370 g/mol. The molecule has 0 bridgehead atoms. The summed E-state index contributed by atoms with van der Waals surface area (Å²) in [5, 5.41) is 15.0. The van der Waals surface area contributed by atoms with E-state index in [1.54, 1.807) is 11.8 Å². The van der Waals surface area contributed by atoms with Gasteiger partial charge < -0.3 is 5.32 Å². The van der Waals surface area contributed by atoms with Crippen molar-refractivity contribution in [2.45, 2.75) is 24.5 Å². The van der Waals surface area contributed by atoms with E-state index in [1.165, 1.54) is 21.8 Å². The molecular formula is C18H18N4OS2. The fourth-order valence-electron chi connectivity index (χ4n) is 2.10. The van der Waals surface area contributed by atoms with Crippen molar-refractivity contribution in [2.24, 2.45) is 0 Å². The Balaban J connectivity index is 1.53. The van der Waals surface area contributed by atoms with Crippen LogP contribution in [0.15, 0.2) is 53.4 Å². The van der Waals surface area contributed by atoms with Crippen LogP contribution in [0.5, 0.6) is 0 Å². The first-order valence-electron chi connectivity index (χ1n) is 7.75. The van der Waals surface area contributed by atoms with Gasteiger partial charge in [0.1, 0.15) is 5.01 Å². The van der Waals surface area contributed by atoms with Crippen molar-refractivity contribution in [3.63, 3.8) is 0 Å². The van der Waals surface area contributed by atoms with Gasteiger partial charge in [0.2, 0.25) is 5.13 Å². The molecule has 128 valence electrons. The van der Waals surface area contributed by atoms with E-state index in [2.05, 4.69) is 33.0 Å². The Bertz CT molecular complexity index is 865. The summed E-state index contributed by atoms with van der Waals surface area (Å²) in [6.45, 7) is 4.05. The zero-order chi connectivity index (χ0) is 17.6. The molecule has 25 heavy (non-hydrogen) atoms. The molecule has 1 aromatic heterocycles. The van der Waals surface area contributed by atoms with Crippen LogP contribution in [-0.4, -0.2) is 16.2 Å². The Hall–Kier alpha value is -2.38. The number of aromatic nitrogens is 2. The number of hydrogen-bond acceptors (Lipinski definition) is 5. The van der Waals surface area contributed by atoms with Crippen molar-refractivity contribution in [2.75, 3.05) is 10.6 Å². The summed E-state index contributed by atoms with van der Waals surface area (Å²) in [5.41, 5.74) is 3.08. The van der Waals surface area contributed by atoms with Gasteiger partial charge in [0.25, 0.3) is 0 Å². The number of benzene rings is 2. The molecule has 0 fully saturated rings. The maximum absolute atomic E-state index is 12.1. The summed E-state index contributed by atoms with van der Waals surface area (Å²) in [6.07, 6.45) is 0. The standard InChI is InChI=1S/C18H18N4OS2/c1-12-8-9-14(10-13(12)2)19-17(23)20-18-22-21-16(25-18)11-24-15-6-4-3-5-7-15/h3-10H,11H2,1-2H3,(H2,19,20,22,23). The lowest BCUT2D eigenvalue weighted by Gasteiger charge is -2.07. The molecule has 7 heteroatoms. The van der Waals surface area contributed by atoms with Gasteiger partial charge in [0.15, 0.2) is 0 Å². The van der Waals surface area contributed by atoms with Gasteiger partial charge in [-0.05, 0) is 49.2 Å². The normalized spacial score (nSPS) is 10.5. The molecule has 0 radical (unpaired) electrons. The Labute approximate surface area is 154 Å². The van der Waals surface area contributed by atoms with Gasteiger partial charge >= 0.3 is 6.03 Å². The Morgan fingerprint density at radius 1 is 1.04 bits per heavy atom. The third-order valence-corrected chi connectivity index (χ3v) is 5.60. The number of anilines is 2. The van der Waals surface area contributed by atoms with E-state index >= 15 is 0 Å². The molecular weight excluding hydrogens is 352 g/mol. The maximum Gasteiger partial charge on any atom is 0.325 e. The number of aryl methyl sites for hydroxylation is 2. The molecule has 2 amide bonds. The van der Waals surface area contributed by atoms with Crippen LogP contribution in [0, 0.1) is 13.8 Å². The summed E-state index contributed by atoms with van der Waals surface area (Å²) in [7, 11) is 0. The minimum atomic E-state index is -0.318. The Kier molecular flexibility index (Phi) is 5.67. The topological polar surface area (TPSA) is 66.9 Å². The van der Waals surface area contributed by atoms with E-state index < -0.39 is 0 Å². The second-order valence-corrected chi connectivity index (χ2v) is 7.59. The van der Waals surface area contributed by atoms with E-state index in [1.807, 2.05) is 50.2 Å². The molecule has 3 rings (SSSR count). The second kappa shape index (κ2) is 8.13. The fourth-order valence-corrected chi connectivity index (χ4v) is 3.74. The quantitative estimate of drug-likeness (QED) is 0.614. The molecule has 0 spiro atoms. The zero-order valence-corrected chi connectivity index (χ0v) is 15.6. The first-order valence-corrected chi connectivity index (χ1v) is 9.56. The molecule has 2 N–H and O–H groups in total. The largest absolute Gasteiger partial charge is 0.325 e. The van der Waals surface area contributed by atoms with Crippen molar-refractivity contribution in [1.82, 2.24) is 10.2 Å². The molecule has 0 aliphatic rings. The van der Waals surface area contributed by atoms with Crippen LogP contribution >= 0.6 is 23.1 Å². The molecule has 0 saturated carbocycles. The second-order valence-electron chi connectivity index (χ2n) is 5.48. The lowest BCUT2D eigenvalue weighted by atomic mass is 10.1. The van der Waals surface area contributed by atoms with Crippen LogP contribution in [0.1, 0.15) is 16.1 Å². The first-order chi connectivity index (χ1) is 12.1. The highest BCUT2D eigenvalue weighted by molar-refractivity contribution is 7.98. The SMILES string of the molecule is Cc1ccc(NC(=O)Nc2nnc(CSc3ccccc3)s2)cc1C. The smallest absolute Gasteiger partial charge is 0.308 e. The van der Waals surface area contributed by atoms with Gasteiger partial charge in [-0.25, -0.2) is 4.79 Å². The Morgan fingerprint density at radius 2 is 1.84 bits per heavy atom. The molecule has 0 saturated heterocycles. The lowest BCUT2D eigenvalue weighted by molar-refractivity contribution is 0.262. The van der Waals surface area contributed by atoms with Crippen molar-refractivity contribution < 1.29 is 4.79 Å². The van der Waals surface area contributed by atoms with Crippen LogP contribution in [0.3, 0.4) is 0 Å². The molecule has 3 aromatic rings. The van der Waals surface area contributed by atoms with Gasteiger partial charge in [0.05, 0.1) is 5.75 Å². The summed E-state index contributed by atoms with van der Waals surface area (Å²) in [5.74, 6) is 0.724. The number of carbonyl (C=O) groups is 1. The molecule has 0 aliphatic carbocycles. The number of rotatable bonds is 5. The Morgan fingerprint density at radius 3 is 2.60 bits per heavy atom. The van der Waals surface area contributed by atoms with E-state index in [0.29, 0.717) is 5.13 Å². The molecule has 0 unspecified atom stereocenters. The summed E-state index contributed by atoms with van der Waals surface area (Å²) < 4.78 is 0. The third kappa shape index (κ3) is 5.04. The fraction of sp³-hybridized carbons (Fsp3) is 0.167. The van der Waals surface area contributed by atoms with Gasteiger partial charge in [0, 0.05) is 10.6 Å². The van der Waals surface area contributed by atoms with Gasteiger partial charge in [-0.1, -0.05) is 35.6 Å². The van der Waals surface area contributed by atoms with Crippen LogP contribution < -0.4 is 10.6 Å². The molecule has 0 atom stereocenters. The van der Waals surface area contributed by atoms with Gasteiger partial charge in [-0.3, -0.25) is 5.32 Å². The van der Waals surface area contributed by atoms with Crippen molar-refractivity contribution >= 4 is 39.9 Å². The van der Waals surface area contributed by atoms with Gasteiger partial charge in [-0.15, -0.1) is 22.0 Å². The van der Waals surface area contributed by atoms with Crippen molar-refractivity contribution in [3.8, 4) is 0 Å².